The SMILES string of the molecule is Cc1ccc(C(C)N(C)Cc2ncc(C(C)(C)C)o2)cc1. The Hall–Kier alpha value is -1.61. The molecular weight excluding hydrogens is 260 g/mol. The average Bonchev–Trinajstić information content (AvgIpc) is 2.87. The second kappa shape index (κ2) is 6.02. The van der Waals surface area contributed by atoms with E-state index in [0.717, 1.165) is 11.7 Å². The molecular formula is C18H26N2O. The molecule has 3 nitrogen and oxygen atoms in total. The van der Waals surface area contributed by atoms with Crippen molar-refractivity contribution in [2.75, 3.05) is 7.05 Å². The van der Waals surface area contributed by atoms with Crippen molar-refractivity contribution >= 4 is 0 Å². The summed E-state index contributed by atoms with van der Waals surface area (Å²) in [4.78, 5) is 6.66. The first-order chi connectivity index (χ1) is 9.77. The van der Waals surface area contributed by atoms with E-state index < -0.39 is 0 Å². The number of aryl methyl sites for hydroxylation is 1. The van der Waals surface area contributed by atoms with Crippen molar-refractivity contribution in [2.45, 2.75) is 52.6 Å². The zero-order valence-corrected chi connectivity index (χ0v) is 14.0. The van der Waals surface area contributed by atoms with Crippen molar-refractivity contribution in [3.63, 3.8) is 0 Å². The van der Waals surface area contributed by atoms with Crippen LogP contribution in [0.25, 0.3) is 0 Å². The molecule has 0 spiro atoms. The maximum absolute atomic E-state index is 5.87. The molecule has 0 N–H and O–H groups in total. The van der Waals surface area contributed by atoms with Crippen LogP contribution < -0.4 is 0 Å². The number of oxazole rings is 1. The Morgan fingerprint density at radius 3 is 2.33 bits per heavy atom. The zero-order chi connectivity index (χ0) is 15.6. The predicted octanol–water partition coefficient (Wildman–Crippen LogP) is 4.47. The number of rotatable bonds is 4. The van der Waals surface area contributed by atoms with Gasteiger partial charge in [-0.15, -0.1) is 0 Å². The van der Waals surface area contributed by atoms with Crippen LogP contribution in [-0.2, 0) is 12.0 Å². The first-order valence-corrected chi connectivity index (χ1v) is 7.49. The first kappa shape index (κ1) is 15.8. The topological polar surface area (TPSA) is 29.3 Å². The van der Waals surface area contributed by atoms with E-state index in [1.807, 2.05) is 6.20 Å². The molecule has 0 aliphatic heterocycles. The Bertz CT molecular complexity index is 578. The van der Waals surface area contributed by atoms with Gasteiger partial charge in [-0.2, -0.15) is 0 Å². The molecule has 0 saturated carbocycles. The molecule has 0 aliphatic rings. The minimum Gasteiger partial charge on any atom is -0.444 e. The summed E-state index contributed by atoms with van der Waals surface area (Å²) in [6.45, 7) is 11.4. The Kier molecular flexibility index (Phi) is 4.52. The molecule has 1 aromatic carbocycles. The van der Waals surface area contributed by atoms with Crippen LogP contribution in [0.5, 0.6) is 0 Å². The van der Waals surface area contributed by atoms with Crippen LogP contribution >= 0.6 is 0 Å². The monoisotopic (exact) mass is 286 g/mol. The van der Waals surface area contributed by atoms with Gasteiger partial charge in [0.05, 0.1) is 12.7 Å². The van der Waals surface area contributed by atoms with Gasteiger partial charge in [0.25, 0.3) is 0 Å². The largest absolute Gasteiger partial charge is 0.444 e. The summed E-state index contributed by atoms with van der Waals surface area (Å²) in [6, 6.07) is 9.01. The third-order valence-electron chi connectivity index (χ3n) is 3.90. The van der Waals surface area contributed by atoms with E-state index >= 15 is 0 Å². The van der Waals surface area contributed by atoms with E-state index in [1.54, 1.807) is 0 Å². The normalized spacial score (nSPS) is 13.7. The third-order valence-corrected chi connectivity index (χ3v) is 3.90. The molecule has 0 radical (unpaired) electrons. The van der Waals surface area contributed by atoms with Gasteiger partial charge in [-0.05, 0) is 26.5 Å². The molecule has 0 aliphatic carbocycles. The summed E-state index contributed by atoms with van der Waals surface area (Å²) in [5.41, 5.74) is 2.61. The van der Waals surface area contributed by atoms with Crippen molar-refractivity contribution in [3.8, 4) is 0 Å². The van der Waals surface area contributed by atoms with Gasteiger partial charge in [0.15, 0.2) is 0 Å². The number of hydrogen-bond acceptors (Lipinski definition) is 3. The van der Waals surface area contributed by atoms with Crippen molar-refractivity contribution in [3.05, 3.63) is 53.2 Å². The number of nitrogens with zero attached hydrogens (tertiary/aromatic N) is 2. The number of aromatic nitrogens is 1. The van der Waals surface area contributed by atoms with E-state index in [1.165, 1.54) is 11.1 Å². The van der Waals surface area contributed by atoms with Gasteiger partial charge in [0.2, 0.25) is 5.89 Å². The van der Waals surface area contributed by atoms with Crippen LogP contribution in [0.4, 0.5) is 0 Å². The standard InChI is InChI=1S/C18H26N2O/c1-13-7-9-15(10-8-13)14(2)20(6)12-17-19-11-16(21-17)18(3,4)5/h7-11,14H,12H2,1-6H3. The van der Waals surface area contributed by atoms with E-state index in [0.29, 0.717) is 12.6 Å². The summed E-state index contributed by atoms with van der Waals surface area (Å²) in [6.07, 6.45) is 1.85. The van der Waals surface area contributed by atoms with E-state index in [4.69, 9.17) is 4.42 Å². The van der Waals surface area contributed by atoms with Gasteiger partial charge < -0.3 is 4.42 Å². The van der Waals surface area contributed by atoms with Gasteiger partial charge in [-0.1, -0.05) is 50.6 Å². The molecule has 0 amide bonds. The van der Waals surface area contributed by atoms with Crippen molar-refractivity contribution in [1.29, 1.82) is 0 Å². The molecule has 2 aromatic rings. The molecule has 1 atom stereocenters. The molecule has 21 heavy (non-hydrogen) atoms. The average molecular weight is 286 g/mol. The van der Waals surface area contributed by atoms with Gasteiger partial charge in [-0.3, -0.25) is 4.90 Å². The lowest BCUT2D eigenvalue weighted by Gasteiger charge is -2.24. The summed E-state index contributed by atoms with van der Waals surface area (Å²) in [5.74, 6) is 1.72. The van der Waals surface area contributed by atoms with Crippen molar-refractivity contribution < 1.29 is 4.42 Å². The van der Waals surface area contributed by atoms with Crippen LogP contribution in [0, 0.1) is 6.92 Å². The molecule has 0 fully saturated rings. The van der Waals surface area contributed by atoms with Crippen molar-refractivity contribution in [1.82, 2.24) is 9.88 Å². The van der Waals surface area contributed by atoms with E-state index in [9.17, 15) is 0 Å². The van der Waals surface area contributed by atoms with Crippen LogP contribution in [0.3, 0.4) is 0 Å². The zero-order valence-electron chi connectivity index (χ0n) is 14.0. The minimum atomic E-state index is 0.00634. The fourth-order valence-electron chi connectivity index (χ4n) is 2.18. The molecule has 3 heteroatoms. The van der Waals surface area contributed by atoms with Gasteiger partial charge in [0.1, 0.15) is 5.76 Å². The highest BCUT2D eigenvalue weighted by Gasteiger charge is 2.20. The molecule has 0 bridgehead atoms. The lowest BCUT2D eigenvalue weighted by Crippen LogP contribution is -2.22. The maximum atomic E-state index is 5.87. The van der Waals surface area contributed by atoms with Gasteiger partial charge in [-0.25, -0.2) is 4.98 Å². The quantitative estimate of drug-likeness (QED) is 0.830. The first-order valence-electron chi connectivity index (χ1n) is 7.49. The highest BCUT2D eigenvalue weighted by Crippen LogP contribution is 2.25. The third kappa shape index (κ3) is 3.94. The predicted molar refractivity (Wildman–Crippen MR) is 86.3 cm³/mol. The number of hydrogen-bond donors (Lipinski definition) is 0. The lowest BCUT2D eigenvalue weighted by atomic mass is 9.94. The molecule has 1 heterocycles. The Morgan fingerprint density at radius 2 is 1.81 bits per heavy atom. The molecule has 1 unspecified atom stereocenters. The minimum absolute atomic E-state index is 0.00634. The van der Waals surface area contributed by atoms with E-state index in [2.05, 4.69) is 75.8 Å². The highest BCUT2D eigenvalue weighted by molar-refractivity contribution is 5.23. The summed E-state index contributed by atoms with van der Waals surface area (Å²) in [7, 11) is 2.10. The maximum Gasteiger partial charge on any atom is 0.208 e. The smallest absolute Gasteiger partial charge is 0.208 e. The molecule has 114 valence electrons. The Morgan fingerprint density at radius 1 is 1.19 bits per heavy atom. The molecule has 2 rings (SSSR count). The number of benzene rings is 1. The summed E-state index contributed by atoms with van der Waals surface area (Å²) >= 11 is 0. The highest BCUT2D eigenvalue weighted by atomic mass is 16.4. The van der Waals surface area contributed by atoms with Gasteiger partial charge >= 0.3 is 0 Å². The molecule has 1 aromatic heterocycles. The lowest BCUT2D eigenvalue weighted by molar-refractivity contribution is 0.222. The summed E-state index contributed by atoms with van der Waals surface area (Å²) < 4.78 is 5.87. The second-order valence-electron chi connectivity index (χ2n) is 6.87. The summed E-state index contributed by atoms with van der Waals surface area (Å²) in [5, 5.41) is 0. The van der Waals surface area contributed by atoms with Crippen LogP contribution in [0.2, 0.25) is 0 Å². The Labute approximate surface area is 128 Å². The van der Waals surface area contributed by atoms with Gasteiger partial charge in [0, 0.05) is 11.5 Å². The fourth-order valence-corrected chi connectivity index (χ4v) is 2.18. The van der Waals surface area contributed by atoms with Crippen molar-refractivity contribution in [2.24, 2.45) is 0 Å². The van der Waals surface area contributed by atoms with E-state index in [-0.39, 0.29) is 5.41 Å². The van der Waals surface area contributed by atoms with Crippen LogP contribution in [-0.4, -0.2) is 16.9 Å². The Balaban J connectivity index is 2.05. The van der Waals surface area contributed by atoms with Crippen LogP contribution in [0.1, 0.15) is 56.5 Å². The molecule has 0 saturated heterocycles. The van der Waals surface area contributed by atoms with Crippen LogP contribution in [0.15, 0.2) is 34.9 Å². The second-order valence-corrected chi connectivity index (χ2v) is 6.87. The fraction of sp³-hybridized carbons (Fsp3) is 0.500.